The lowest BCUT2D eigenvalue weighted by atomic mass is 10.3. The van der Waals surface area contributed by atoms with Crippen molar-refractivity contribution in [3.05, 3.63) is 48.3 Å². The van der Waals surface area contributed by atoms with Crippen molar-refractivity contribution in [2.45, 2.75) is 0 Å². The summed E-state index contributed by atoms with van der Waals surface area (Å²) < 4.78 is 35.9. The molecule has 0 spiro atoms. The summed E-state index contributed by atoms with van der Waals surface area (Å²) >= 11 is 0. The van der Waals surface area contributed by atoms with Crippen molar-refractivity contribution in [3.63, 3.8) is 0 Å². The number of hydrogen-bond acceptors (Lipinski definition) is 4. The van der Waals surface area contributed by atoms with Crippen molar-refractivity contribution in [3.8, 4) is 11.8 Å². The average molecular weight is 236 g/mol. The van der Waals surface area contributed by atoms with E-state index >= 15 is 0 Å². The van der Waals surface area contributed by atoms with Gasteiger partial charge in [-0.2, -0.15) is 0 Å². The molecule has 0 N–H and O–H groups in total. The van der Waals surface area contributed by atoms with Crippen LogP contribution in [0.3, 0.4) is 0 Å². The number of aromatic nitrogens is 2. The summed E-state index contributed by atoms with van der Waals surface area (Å²) in [5, 5.41) is 0. The third-order valence-electron chi connectivity index (χ3n) is 1.84. The van der Waals surface area contributed by atoms with Gasteiger partial charge in [-0.05, 0) is 24.3 Å². The lowest BCUT2D eigenvalue weighted by Crippen LogP contribution is -2.14. The molecular weight excluding hydrogens is 229 g/mol. The second-order valence-corrected chi connectivity index (χ2v) is 2.99. The molecule has 0 unspecified atom stereocenters. The summed E-state index contributed by atoms with van der Waals surface area (Å²) in [6.45, 7) is 0. The normalized spacial score (nSPS) is 9.76. The summed E-state index contributed by atoms with van der Waals surface area (Å²) in [5.74, 6) is -1.64. The Kier molecular flexibility index (Phi) is 3.49. The van der Waals surface area contributed by atoms with Gasteiger partial charge in [-0.3, -0.25) is 0 Å². The van der Waals surface area contributed by atoms with Gasteiger partial charge in [0.15, 0.2) is 11.6 Å². The van der Waals surface area contributed by atoms with Gasteiger partial charge in [0.05, 0.1) is 0 Å². The molecule has 0 fully saturated rings. The van der Waals surface area contributed by atoms with Gasteiger partial charge < -0.3 is 9.31 Å². The minimum absolute atomic E-state index is 0.205. The van der Waals surface area contributed by atoms with E-state index in [1.54, 1.807) is 0 Å². The van der Waals surface area contributed by atoms with Crippen molar-refractivity contribution >= 4 is 7.69 Å². The maximum Gasteiger partial charge on any atom is 0.578 e. The zero-order chi connectivity index (χ0) is 12.1. The van der Waals surface area contributed by atoms with E-state index in [-0.39, 0.29) is 19.4 Å². The zero-order valence-corrected chi connectivity index (χ0v) is 8.64. The molecule has 0 radical (unpaired) electrons. The number of rotatable bonds is 4. The molecule has 0 aromatic carbocycles. The summed E-state index contributed by atoms with van der Waals surface area (Å²) in [7, 11) is -0.373. The zero-order valence-electron chi connectivity index (χ0n) is 8.64. The maximum atomic E-state index is 13.1. The molecule has 0 amide bonds. The van der Waals surface area contributed by atoms with E-state index in [1.807, 2.05) is 0 Å². The summed E-state index contributed by atoms with van der Waals surface area (Å²) in [4.78, 5) is 7.28. The van der Waals surface area contributed by atoms with E-state index in [4.69, 9.17) is 9.31 Å². The molecule has 0 bridgehead atoms. The second kappa shape index (κ2) is 5.24. The molecule has 2 aromatic rings. The molecule has 0 aliphatic rings. The van der Waals surface area contributed by atoms with Gasteiger partial charge in [0.25, 0.3) is 0 Å². The molecule has 17 heavy (non-hydrogen) atoms. The topological polar surface area (TPSA) is 44.2 Å². The predicted molar refractivity (Wildman–Crippen MR) is 56.8 cm³/mol. The van der Waals surface area contributed by atoms with Gasteiger partial charge in [-0.15, -0.1) is 0 Å². The molecule has 0 atom stereocenters. The molecule has 7 heteroatoms. The second-order valence-electron chi connectivity index (χ2n) is 2.99. The highest BCUT2D eigenvalue weighted by Gasteiger charge is 2.08. The highest BCUT2D eigenvalue weighted by Crippen LogP contribution is 2.13. The van der Waals surface area contributed by atoms with Crippen LogP contribution in [0.25, 0.3) is 0 Å². The average Bonchev–Trinajstić information content (AvgIpc) is 2.34. The fraction of sp³-hybridized carbons (Fsp3) is 0. The van der Waals surface area contributed by atoms with E-state index in [1.165, 1.54) is 36.7 Å². The minimum Gasteiger partial charge on any atom is -0.512 e. The van der Waals surface area contributed by atoms with E-state index in [0.29, 0.717) is 0 Å². The molecule has 86 valence electrons. The van der Waals surface area contributed by atoms with Crippen molar-refractivity contribution < 1.29 is 18.1 Å². The van der Waals surface area contributed by atoms with Crippen molar-refractivity contribution in [2.75, 3.05) is 0 Å². The van der Waals surface area contributed by atoms with Gasteiger partial charge >= 0.3 is 7.69 Å². The van der Waals surface area contributed by atoms with Gasteiger partial charge in [0.1, 0.15) is 0 Å². The first-order chi connectivity index (χ1) is 8.27. The van der Waals surface area contributed by atoms with E-state index < -0.39 is 11.6 Å². The number of nitrogens with zero attached hydrogens (tertiary/aromatic N) is 2. The van der Waals surface area contributed by atoms with Crippen LogP contribution >= 0.6 is 0 Å². The molecule has 0 aliphatic heterocycles. The van der Waals surface area contributed by atoms with Crippen molar-refractivity contribution in [1.29, 1.82) is 0 Å². The Bertz CT molecular complexity index is 468. The van der Waals surface area contributed by atoms with Gasteiger partial charge in [0, 0.05) is 12.4 Å². The molecule has 2 heterocycles. The Morgan fingerprint density at radius 3 is 1.76 bits per heavy atom. The van der Waals surface area contributed by atoms with Crippen LogP contribution in [0, 0.1) is 11.6 Å². The first kappa shape index (κ1) is 11.3. The van der Waals surface area contributed by atoms with Crippen molar-refractivity contribution in [2.24, 2.45) is 0 Å². The third-order valence-corrected chi connectivity index (χ3v) is 1.84. The van der Waals surface area contributed by atoms with Crippen molar-refractivity contribution in [1.82, 2.24) is 9.97 Å². The predicted octanol–water partition coefficient (Wildman–Crippen LogP) is 1.48. The molecule has 4 nitrogen and oxygen atoms in total. The van der Waals surface area contributed by atoms with Crippen LogP contribution in [-0.2, 0) is 0 Å². The first-order valence-electron chi connectivity index (χ1n) is 4.74. The third kappa shape index (κ3) is 2.90. The molecule has 2 rings (SSSR count). The first-order valence-corrected chi connectivity index (χ1v) is 4.74. The highest BCUT2D eigenvalue weighted by atomic mass is 19.1. The van der Waals surface area contributed by atoms with Crippen LogP contribution in [0.15, 0.2) is 36.7 Å². The Hall–Kier alpha value is -2.18. The standard InChI is InChI=1S/C10H7BF2N2O2/c12-7-3-1-5-14-9(7)16-11-17-10-8(13)4-2-6-15-10/h1-6,11H. The Balaban J connectivity index is 1.93. The molecule has 2 aromatic heterocycles. The fourth-order valence-corrected chi connectivity index (χ4v) is 1.10. The summed E-state index contributed by atoms with van der Waals surface area (Å²) in [6, 6.07) is 5.26. The van der Waals surface area contributed by atoms with Gasteiger partial charge in [0.2, 0.25) is 11.8 Å². The van der Waals surface area contributed by atoms with E-state index in [2.05, 4.69) is 9.97 Å². The molecule has 0 aliphatic carbocycles. The Morgan fingerprint density at radius 1 is 0.882 bits per heavy atom. The largest absolute Gasteiger partial charge is 0.578 e. The minimum atomic E-state index is -0.613. The monoisotopic (exact) mass is 236 g/mol. The van der Waals surface area contributed by atoms with Crippen LogP contribution in [-0.4, -0.2) is 17.7 Å². The number of hydrogen-bond donors (Lipinski definition) is 0. The van der Waals surface area contributed by atoms with Crippen LogP contribution in [0.1, 0.15) is 0 Å². The quantitative estimate of drug-likeness (QED) is 0.754. The summed E-state index contributed by atoms with van der Waals surface area (Å²) in [5.41, 5.74) is 0. The lowest BCUT2D eigenvalue weighted by Gasteiger charge is -2.06. The number of pyridine rings is 2. The smallest absolute Gasteiger partial charge is 0.512 e. The van der Waals surface area contributed by atoms with Crippen LogP contribution < -0.4 is 9.31 Å². The molecule has 0 saturated carbocycles. The molecule has 0 saturated heterocycles. The van der Waals surface area contributed by atoms with Crippen LogP contribution in [0.5, 0.6) is 11.8 Å². The van der Waals surface area contributed by atoms with Gasteiger partial charge in [-0.1, -0.05) is 0 Å². The van der Waals surface area contributed by atoms with Crippen LogP contribution in [0.4, 0.5) is 8.78 Å². The van der Waals surface area contributed by atoms with Crippen LogP contribution in [0.2, 0.25) is 0 Å². The Labute approximate surface area is 96.5 Å². The highest BCUT2D eigenvalue weighted by molar-refractivity contribution is 6.20. The van der Waals surface area contributed by atoms with E-state index in [9.17, 15) is 8.78 Å². The fourth-order valence-electron chi connectivity index (χ4n) is 1.10. The Morgan fingerprint density at radius 2 is 1.35 bits per heavy atom. The van der Waals surface area contributed by atoms with Gasteiger partial charge in [-0.25, -0.2) is 18.7 Å². The van der Waals surface area contributed by atoms with E-state index in [0.717, 1.165) is 0 Å². The maximum absolute atomic E-state index is 13.1. The molecular formula is C10H7BF2N2O2. The lowest BCUT2D eigenvalue weighted by molar-refractivity contribution is 0.401. The number of halogens is 2. The summed E-state index contributed by atoms with van der Waals surface area (Å²) in [6.07, 6.45) is 2.75. The SMILES string of the molecule is Fc1cccnc1OBOc1ncccc1F.